The number of aryl methyl sites for hydroxylation is 1. The van der Waals surface area contributed by atoms with Gasteiger partial charge >= 0.3 is 5.97 Å². The van der Waals surface area contributed by atoms with Crippen molar-refractivity contribution >= 4 is 17.8 Å². The van der Waals surface area contributed by atoms with Crippen LogP contribution in [0.2, 0.25) is 0 Å². The SMILES string of the molecule is CCCCCCCCc1ccc(C=C(OC)C(=O)O)cc1.O=C(c1ccccc1)c1ccccc1. The normalized spacial score (nSPS) is 10.7. The molecule has 0 bridgehead atoms. The number of rotatable bonds is 12. The van der Waals surface area contributed by atoms with Gasteiger partial charge in [-0.2, -0.15) is 0 Å². The fourth-order valence-corrected chi connectivity index (χ4v) is 3.60. The average molecular weight is 473 g/mol. The summed E-state index contributed by atoms with van der Waals surface area (Å²) in [6.07, 6.45) is 10.4. The molecule has 4 heteroatoms. The minimum atomic E-state index is -1.05. The van der Waals surface area contributed by atoms with Gasteiger partial charge < -0.3 is 9.84 Å². The van der Waals surface area contributed by atoms with Crippen molar-refractivity contribution < 1.29 is 19.4 Å². The van der Waals surface area contributed by atoms with Crippen LogP contribution in [0.15, 0.2) is 90.7 Å². The molecule has 0 aromatic heterocycles. The minimum Gasteiger partial charge on any atom is -0.490 e. The first-order valence-electron chi connectivity index (χ1n) is 12.3. The van der Waals surface area contributed by atoms with Gasteiger partial charge in [-0.3, -0.25) is 4.79 Å². The lowest BCUT2D eigenvalue weighted by Crippen LogP contribution is -2.01. The molecule has 0 saturated heterocycles. The van der Waals surface area contributed by atoms with Gasteiger partial charge in [0, 0.05) is 11.1 Å². The zero-order chi connectivity index (χ0) is 25.3. The molecule has 184 valence electrons. The first kappa shape index (κ1) is 27.6. The Bertz CT molecular complexity index is 997. The number of carboxylic acid groups (broad SMARTS) is 1. The van der Waals surface area contributed by atoms with Gasteiger partial charge in [0.05, 0.1) is 7.11 Å². The molecular formula is C31H36O4. The van der Waals surface area contributed by atoms with E-state index >= 15 is 0 Å². The quantitative estimate of drug-likeness (QED) is 0.128. The largest absolute Gasteiger partial charge is 0.490 e. The highest BCUT2D eigenvalue weighted by Gasteiger charge is 2.07. The number of benzene rings is 3. The molecule has 0 spiro atoms. The third kappa shape index (κ3) is 10.4. The minimum absolute atomic E-state index is 0.0429. The molecule has 0 radical (unpaired) electrons. The van der Waals surface area contributed by atoms with Gasteiger partial charge in [0.1, 0.15) is 0 Å². The van der Waals surface area contributed by atoms with Crippen molar-refractivity contribution in [3.05, 3.63) is 113 Å². The van der Waals surface area contributed by atoms with Crippen molar-refractivity contribution in [2.75, 3.05) is 7.11 Å². The standard InChI is InChI=1S/C18H26O3.C13H10O/c1-3-4-5-6-7-8-9-15-10-12-16(13-11-15)14-17(21-2)18(19)20;14-13(11-7-3-1-4-8-11)12-9-5-2-6-10-12/h10-14H,3-9H2,1-2H3,(H,19,20);1-10H. The summed E-state index contributed by atoms with van der Waals surface area (Å²) in [5.74, 6) is -1.02. The predicted octanol–water partition coefficient (Wildman–Crippen LogP) is 7.58. The lowest BCUT2D eigenvalue weighted by molar-refractivity contribution is -0.135. The van der Waals surface area contributed by atoms with E-state index < -0.39 is 5.97 Å². The Morgan fingerprint density at radius 1 is 0.743 bits per heavy atom. The van der Waals surface area contributed by atoms with Crippen LogP contribution in [0.1, 0.15) is 72.5 Å². The number of ketones is 1. The molecule has 0 aliphatic carbocycles. The summed E-state index contributed by atoms with van der Waals surface area (Å²) in [6.45, 7) is 2.23. The second-order valence-electron chi connectivity index (χ2n) is 8.34. The number of carbonyl (C=O) groups excluding carboxylic acids is 1. The van der Waals surface area contributed by atoms with Crippen molar-refractivity contribution in [3.8, 4) is 0 Å². The van der Waals surface area contributed by atoms with Gasteiger partial charge in [-0.15, -0.1) is 0 Å². The number of unbranched alkanes of at least 4 members (excludes halogenated alkanes) is 5. The lowest BCUT2D eigenvalue weighted by Gasteiger charge is -2.04. The zero-order valence-corrected chi connectivity index (χ0v) is 20.8. The average Bonchev–Trinajstić information content (AvgIpc) is 2.91. The summed E-state index contributed by atoms with van der Waals surface area (Å²) in [7, 11) is 1.37. The second-order valence-corrected chi connectivity index (χ2v) is 8.34. The molecule has 0 unspecified atom stereocenters. The molecule has 1 N–H and O–H groups in total. The maximum absolute atomic E-state index is 11.8. The predicted molar refractivity (Wildman–Crippen MR) is 142 cm³/mol. The van der Waals surface area contributed by atoms with Crippen molar-refractivity contribution in [2.24, 2.45) is 0 Å². The molecule has 0 amide bonds. The Hall–Kier alpha value is -3.66. The summed E-state index contributed by atoms with van der Waals surface area (Å²) in [5, 5.41) is 8.90. The first-order chi connectivity index (χ1) is 17.0. The monoisotopic (exact) mass is 472 g/mol. The van der Waals surface area contributed by atoms with E-state index in [4.69, 9.17) is 9.84 Å². The van der Waals surface area contributed by atoms with Crippen molar-refractivity contribution in [1.29, 1.82) is 0 Å². The molecular weight excluding hydrogens is 436 g/mol. The van der Waals surface area contributed by atoms with Gasteiger partial charge in [-0.05, 0) is 30.0 Å². The van der Waals surface area contributed by atoms with E-state index in [1.807, 2.05) is 72.8 Å². The highest BCUT2D eigenvalue weighted by atomic mass is 16.5. The van der Waals surface area contributed by atoms with Crippen LogP contribution in [0.5, 0.6) is 0 Å². The molecule has 0 atom stereocenters. The number of aliphatic carboxylic acids is 1. The number of carbonyl (C=O) groups is 2. The molecule has 0 heterocycles. The third-order valence-corrected chi connectivity index (χ3v) is 5.60. The fourth-order valence-electron chi connectivity index (χ4n) is 3.60. The van der Waals surface area contributed by atoms with Crippen LogP contribution < -0.4 is 0 Å². The molecule has 0 aliphatic heterocycles. The Labute approximate surface area is 209 Å². The van der Waals surface area contributed by atoms with E-state index in [0.29, 0.717) is 0 Å². The van der Waals surface area contributed by atoms with Gasteiger partial charge in [0.15, 0.2) is 5.78 Å². The van der Waals surface area contributed by atoms with Crippen LogP contribution in [0.25, 0.3) is 6.08 Å². The molecule has 3 aromatic carbocycles. The topological polar surface area (TPSA) is 63.6 Å². The molecule has 0 saturated carbocycles. The molecule has 35 heavy (non-hydrogen) atoms. The van der Waals surface area contributed by atoms with E-state index in [1.165, 1.54) is 57.3 Å². The molecule has 3 rings (SSSR count). The van der Waals surface area contributed by atoms with Gasteiger partial charge in [0.2, 0.25) is 5.76 Å². The summed E-state index contributed by atoms with van der Waals surface area (Å²) >= 11 is 0. The van der Waals surface area contributed by atoms with E-state index in [-0.39, 0.29) is 11.5 Å². The fraction of sp³-hybridized carbons (Fsp3) is 0.290. The van der Waals surface area contributed by atoms with Crippen LogP contribution >= 0.6 is 0 Å². The van der Waals surface area contributed by atoms with Crippen LogP contribution in [-0.2, 0) is 16.0 Å². The van der Waals surface area contributed by atoms with Crippen molar-refractivity contribution in [2.45, 2.75) is 51.9 Å². The molecule has 0 fully saturated rings. The summed E-state index contributed by atoms with van der Waals surface area (Å²) in [6, 6.07) is 26.6. The van der Waals surface area contributed by atoms with E-state index in [0.717, 1.165) is 23.1 Å². The number of carboxylic acids is 1. The maximum Gasteiger partial charge on any atom is 0.371 e. The van der Waals surface area contributed by atoms with E-state index in [1.54, 1.807) is 0 Å². The first-order valence-corrected chi connectivity index (χ1v) is 12.3. The molecule has 0 aliphatic rings. The van der Waals surface area contributed by atoms with E-state index in [9.17, 15) is 9.59 Å². The zero-order valence-electron chi connectivity index (χ0n) is 20.8. The van der Waals surface area contributed by atoms with Gasteiger partial charge in [-0.1, -0.05) is 124 Å². The van der Waals surface area contributed by atoms with Crippen molar-refractivity contribution in [3.63, 3.8) is 0 Å². The second kappa shape index (κ2) is 16.0. The number of hydrogen-bond acceptors (Lipinski definition) is 3. The smallest absolute Gasteiger partial charge is 0.371 e. The molecule has 4 nitrogen and oxygen atoms in total. The van der Waals surface area contributed by atoms with Gasteiger partial charge in [0.25, 0.3) is 0 Å². The number of ether oxygens (including phenoxy) is 1. The van der Waals surface area contributed by atoms with Crippen LogP contribution in [-0.4, -0.2) is 24.0 Å². The Morgan fingerprint density at radius 2 is 1.26 bits per heavy atom. The summed E-state index contributed by atoms with van der Waals surface area (Å²) in [5.41, 5.74) is 3.62. The Balaban J connectivity index is 0.000000266. The van der Waals surface area contributed by atoms with Crippen LogP contribution in [0.4, 0.5) is 0 Å². The summed E-state index contributed by atoms with van der Waals surface area (Å²) in [4.78, 5) is 22.7. The third-order valence-electron chi connectivity index (χ3n) is 5.60. The van der Waals surface area contributed by atoms with Crippen LogP contribution in [0.3, 0.4) is 0 Å². The highest BCUT2D eigenvalue weighted by Crippen LogP contribution is 2.13. The Morgan fingerprint density at radius 3 is 1.74 bits per heavy atom. The maximum atomic E-state index is 11.8. The van der Waals surface area contributed by atoms with Crippen LogP contribution in [0, 0.1) is 0 Å². The summed E-state index contributed by atoms with van der Waals surface area (Å²) < 4.78 is 4.82. The Kier molecular flexibility index (Phi) is 12.6. The highest BCUT2D eigenvalue weighted by molar-refractivity contribution is 6.08. The number of hydrogen-bond donors (Lipinski definition) is 1. The van der Waals surface area contributed by atoms with Gasteiger partial charge in [-0.25, -0.2) is 4.79 Å². The molecule has 3 aromatic rings. The van der Waals surface area contributed by atoms with Crippen molar-refractivity contribution in [1.82, 2.24) is 0 Å². The number of methoxy groups -OCH3 is 1. The van der Waals surface area contributed by atoms with E-state index in [2.05, 4.69) is 19.1 Å². The lowest BCUT2D eigenvalue weighted by atomic mass is 10.0.